The van der Waals surface area contributed by atoms with Gasteiger partial charge in [0.2, 0.25) is 5.91 Å². The van der Waals surface area contributed by atoms with Crippen molar-refractivity contribution in [1.82, 2.24) is 5.32 Å². The van der Waals surface area contributed by atoms with E-state index in [9.17, 15) is 9.59 Å². The molecule has 0 aromatic heterocycles. The van der Waals surface area contributed by atoms with Crippen LogP contribution in [0.25, 0.3) is 0 Å². The molecule has 2 amide bonds. The maximum absolute atomic E-state index is 12.1. The van der Waals surface area contributed by atoms with Crippen molar-refractivity contribution in [3.05, 3.63) is 51.5 Å². The number of carbonyl (C=O) groups is 2. The number of nitrogens with one attached hydrogen (secondary N) is 2. The Morgan fingerprint density at radius 2 is 1.72 bits per heavy atom. The summed E-state index contributed by atoms with van der Waals surface area (Å²) in [5.74, 6) is 0.322. The van der Waals surface area contributed by atoms with Crippen LogP contribution in [0.3, 0.4) is 0 Å². The maximum Gasteiger partial charge on any atom is 0.251 e. The van der Waals surface area contributed by atoms with Gasteiger partial charge >= 0.3 is 0 Å². The Morgan fingerprint density at radius 1 is 1.08 bits per heavy atom. The van der Waals surface area contributed by atoms with E-state index >= 15 is 0 Å². The van der Waals surface area contributed by atoms with Crippen molar-refractivity contribution in [3.63, 3.8) is 0 Å². The Kier molecular flexibility index (Phi) is 5.45. The highest BCUT2D eigenvalue weighted by molar-refractivity contribution is 9.10. The van der Waals surface area contributed by atoms with Crippen LogP contribution in [0.5, 0.6) is 11.5 Å². The smallest absolute Gasteiger partial charge is 0.251 e. The lowest BCUT2D eigenvalue weighted by atomic mass is 10.2. The zero-order valence-electron chi connectivity index (χ0n) is 13.0. The number of fused-ring (bicyclic) bond motifs is 1. The van der Waals surface area contributed by atoms with Gasteiger partial charge in [-0.3, -0.25) is 9.59 Å². The maximum atomic E-state index is 12.1. The van der Waals surface area contributed by atoms with Crippen molar-refractivity contribution in [1.29, 1.82) is 0 Å². The second-order valence-electron chi connectivity index (χ2n) is 5.21. The van der Waals surface area contributed by atoms with E-state index in [1.807, 2.05) is 0 Å². The first-order chi connectivity index (χ1) is 12.0. The molecule has 6 nitrogen and oxygen atoms in total. The predicted octanol–water partition coefficient (Wildman–Crippen LogP) is 3.24. The first-order valence-electron chi connectivity index (χ1n) is 7.45. The number of rotatable bonds is 4. The normalized spacial score (nSPS) is 12.4. The largest absolute Gasteiger partial charge is 0.486 e. The molecule has 0 bridgehead atoms. The van der Waals surface area contributed by atoms with Crippen molar-refractivity contribution in [2.24, 2.45) is 0 Å². The van der Waals surface area contributed by atoms with Crippen LogP contribution in [0.4, 0.5) is 5.69 Å². The van der Waals surface area contributed by atoms with Crippen LogP contribution in [0, 0.1) is 0 Å². The van der Waals surface area contributed by atoms with Gasteiger partial charge in [-0.25, -0.2) is 0 Å². The molecule has 1 aliphatic heterocycles. The van der Waals surface area contributed by atoms with Crippen LogP contribution in [0.1, 0.15) is 10.4 Å². The van der Waals surface area contributed by atoms with Gasteiger partial charge in [0, 0.05) is 22.2 Å². The third-order valence-corrected chi connectivity index (χ3v) is 4.26. The third kappa shape index (κ3) is 4.43. The fourth-order valence-electron chi connectivity index (χ4n) is 2.22. The molecular weight excluding hydrogens is 412 g/mol. The zero-order chi connectivity index (χ0) is 17.8. The Morgan fingerprint density at radius 3 is 2.40 bits per heavy atom. The molecule has 8 heteroatoms. The Bertz CT molecular complexity index is 811. The number of hydrogen-bond acceptors (Lipinski definition) is 4. The van der Waals surface area contributed by atoms with Crippen LogP contribution in [-0.4, -0.2) is 31.6 Å². The van der Waals surface area contributed by atoms with Gasteiger partial charge in [-0.05, 0) is 24.3 Å². The number of ether oxygens (including phenoxy) is 2. The minimum absolute atomic E-state index is 0.181. The van der Waals surface area contributed by atoms with E-state index in [1.54, 1.807) is 36.4 Å². The molecule has 1 heterocycles. The molecule has 1 aliphatic rings. The lowest BCUT2D eigenvalue weighted by Gasteiger charge is -2.20. The number of carbonyl (C=O) groups excluding carboxylic acids is 2. The van der Waals surface area contributed by atoms with Gasteiger partial charge in [0.1, 0.15) is 13.2 Å². The second kappa shape index (κ2) is 7.76. The summed E-state index contributed by atoms with van der Waals surface area (Å²) in [6, 6.07) is 10.0. The first kappa shape index (κ1) is 17.6. The van der Waals surface area contributed by atoms with Gasteiger partial charge in [-0.2, -0.15) is 0 Å². The highest BCUT2D eigenvalue weighted by Crippen LogP contribution is 2.37. The van der Waals surface area contributed by atoms with Gasteiger partial charge in [0.05, 0.1) is 17.3 Å². The van der Waals surface area contributed by atoms with Crippen molar-refractivity contribution in [2.75, 3.05) is 25.1 Å². The Hall–Kier alpha value is -2.25. The minimum Gasteiger partial charge on any atom is -0.486 e. The lowest BCUT2D eigenvalue weighted by Crippen LogP contribution is -2.32. The second-order valence-corrected chi connectivity index (χ2v) is 6.54. The molecule has 0 aliphatic carbocycles. The topological polar surface area (TPSA) is 76.7 Å². The number of hydrogen-bond donors (Lipinski definition) is 2. The van der Waals surface area contributed by atoms with Crippen LogP contribution >= 0.6 is 27.5 Å². The van der Waals surface area contributed by atoms with E-state index in [0.717, 1.165) is 4.47 Å². The molecule has 0 unspecified atom stereocenters. The molecule has 25 heavy (non-hydrogen) atoms. The molecule has 0 spiro atoms. The summed E-state index contributed by atoms with van der Waals surface area (Å²) in [5, 5.41) is 5.53. The molecule has 2 aromatic carbocycles. The summed E-state index contributed by atoms with van der Waals surface area (Å²) in [5.41, 5.74) is 0.863. The van der Waals surface area contributed by atoms with Gasteiger partial charge in [0.25, 0.3) is 5.91 Å². The molecule has 2 aromatic rings. The minimum atomic E-state index is -0.399. The van der Waals surface area contributed by atoms with Crippen molar-refractivity contribution in [2.45, 2.75) is 0 Å². The summed E-state index contributed by atoms with van der Waals surface area (Å²) < 4.78 is 11.7. The van der Waals surface area contributed by atoms with Gasteiger partial charge in [-0.15, -0.1) is 0 Å². The van der Waals surface area contributed by atoms with Crippen LogP contribution in [0.15, 0.2) is 40.9 Å². The predicted molar refractivity (Wildman–Crippen MR) is 97.5 cm³/mol. The molecule has 0 fully saturated rings. The number of anilines is 1. The third-order valence-electron chi connectivity index (χ3n) is 3.42. The lowest BCUT2D eigenvalue weighted by molar-refractivity contribution is -0.115. The molecule has 0 saturated heterocycles. The molecule has 130 valence electrons. The fourth-order valence-corrected chi connectivity index (χ4v) is 2.68. The zero-order valence-corrected chi connectivity index (χ0v) is 15.3. The summed E-state index contributed by atoms with van der Waals surface area (Å²) in [6.07, 6.45) is 0. The molecule has 0 saturated carbocycles. The van der Waals surface area contributed by atoms with Crippen LogP contribution in [-0.2, 0) is 4.79 Å². The van der Waals surface area contributed by atoms with E-state index < -0.39 is 5.91 Å². The quantitative estimate of drug-likeness (QED) is 0.788. The summed E-state index contributed by atoms with van der Waals surface area (Å²) >= 11 is 9.44. The standard InChI is InChI=1S/C17H14BrClN2O4/c18-11-3-1-10(2-4-11)17(23)20-9-16(22)21-13-8-15-14(7-12(13)19)24-5-6-25-15/h1-4,7-8H,5-6,9H2,(H,20,23)(H,21,22). The first-order valence-corrected chi connectivity index (χ1v) is 8.63. The van der Waals surface area contributed by atoms with Crippen molar-refractivity contribution in [3.8, 4) is 11.5 Å². The van der Waals surface area contributed by atoms with E-state index in [0.29, 0.717) is 41.0 Å². The molecule has 2 N–H and O–H groups in total. The monoisotopic (exact) mass is 424 g/mol. The van der Waals surface area contributed by atoms with Gasteiger partial charge in [-0.1, -0.05) is 27.5 Å². The highest BCUT2D eigenvalue weighted by Gasteiger charge is 2.16. The number of halogens is 2. The van der Waals surface area contributed by atoms with Crippen molar-refractivity contribution < 1.29 is 19.1 Å². The van der Waals surface area contributed by atoms with Gasteiger partial charge < -0.3 is 20.1 Å². The average Bonchev–Trinajstić information content (AvgIpc) is 2.61. The number of amides is 2. The SMILES string of the molecule is O=C(CNC(=O)c1ccc(Br)cc1)Nc1cc2c(cc1Cl)OCCO2. The van der Waals surface area contributed by atoms with E-state index in [4.69, 9.17) is 21.1 Å². The molecular formula is C17H14BrClN2O4. The summed E-state index contributed by atoms with van der Waals surface area (Å²) in [4.78, 5) is 24.1. The van der Waals surface area contributed by atoms with Crippen molar-refractivity contribution >= 4 is 45.0 Å². The Balaban J connectivity index is 1.59. The summed E-state index contributed by atoms with van der Waals surface area (Å²) in [7, 11) is 0. The number of benzene rings is 2. The van der Waals surface area contributed by atoms with E-state index in [2.05, 4.69) is 26.6 Å². The van der Waals surface area contributed by atoms with E-state index in [1.165, 1.54) is 0 Å². The molecule has 3 rings (SSSR count). The average molecular weight is 426 g/mol. The Labute approximate surface area is 157 Å². The van der Waals surface area contributed by atoms with Crippen LogP contribution in [0.2, 0.25) is 5.02 Å². The van der Waals surface area contributed by atoms with E-state index in [-0.39, 0.29) is 12.5 Å². The van der Waals surface area contributed by atoms with Crippen LogP contribution < -0.4 is 20.1 Å². The molecule has 0 atom stereocenters. The summed E-state index contributed by atoms with van der Waals surface area (Å²) in [6.45, 7) is 0.710. The fraction of sp³-hybridized carbons (Fsp3) is 0.176. The van der Waals surface area contributed by atoms with Gasteiger partial charge in [0.15, 0.2) is 11.5 Å². The molecule has 0 radical (unpaired) electrons. The highest BCUT2D eigenvalue weighted by atomic mass is 79.9.